The number of sulfone groups is 3. The fraction of sp³-hybridized carbons (Fsp3) is 0.705. The van der Waals surface area contributed by atoms with Gasteiger partial charge in [0, 0.05) is 31.9 Å². The molecule has 4 atom stereocenters. The van der Waals surface area contributed by atoms with Crippen molar-refractivity contribution in [3.63, 3.8) is 0 Å². The van der Waals surface area contributed by atoms with E-state index in [0.717, 1.165) is 127 Å². The van der Waals surface area contributed by atoms with Gasteiger partial charge in [-0.2, -0.15) is 0 Å². The third-order valence-electron chi connectivity index (χ3n) is 14.5. The van der Waals surface area contributed by atoms with E-state index in [9.17, 15) is 34.0 Å². The van der Waals surface area contributed by atoms with Gasteiger partial charge in [-0.05, 0) is 187 Å². The predicted octanol–water partition coefficient (Wildman–Crippen LogP) is 13.8. The Bertz CT molecular complexity index is 2320. The van der Waals surface area contributed by atoms with Crippen molar-refractivity contribution in [2.24, 2.45) is 0 Å². The molecule has 0 bridgehead atoms. The Morgan fingerprint density at radius 3 is 1.13 bits per heavy atom. The van der Waals surface area contributed by atoms with Crippen LogP contribution in [0, 0.1) is 18.6 Å². The molecule has 0 spiro atoms. The first-order chi connectivity index (χ1) is 35.8. The monoisotopic (exact) mass is 1120 g/mol. The average molecular weight is 1120 g/mol. The molecule has 15 heteroatoms. The van der Waals surface area contributed by atoms with Crippen LogP contribution in [0.15, 0.2) is 60.7 Å². The van der Waals surface area contributed by atoms with Gasteiger partial charge in [0.05, 0.1) is 63.1 Å². The van der Waals surface area contributed by atoms with Crippen molar-refractivity contribution in [3.05, 3.63) is 94.6 Å². The lowest BCUT2D eigenvalue weighted by atomic mass is 10.0. The SMILES string of the molecule is CC(C)S(=O)(=O)CCCCCCCc1ccc(N2C[C@@H](C)O[C@@H](C)C2)c(F)c1.CC(C)S(=O)(=O)CCCCCCCc1cccc(F)c1.Cc1cc(CCCCCCCS(=O)(=O)C(C)C)ccc1N1C[C@@H](C)O[C@@H](C)C1. The van der Waals surface area contributed by atoms with Gasteiger partial charge in [0.25, 0.3) is 0 Å². The second-order valence-electron chi connectivity index (χ2n) is 22.7. The van der Waals surface area contributed by atoms with Gasteiger partial charge in [0.2, 0.25) is 0 Å². The number of ether oxygens (including phenoxy) is 2. The van der Waals surface area contributed by atoms with E-state index < -0.39 is 29.5 Å². The Balaban J connectivity index is 0.000000305. The van der Waals surface area contributed by atoms with Crippen molar-refractivity contribution in [1.82, 2.24) is 0 Å². The molecule has 2 aliphatic heterocycles. The number of morpholine rings is 2. The molecule has 76 heavy (non-hydrogen) atoms. The largest absolute Gasteiger partial charge is 0.372 e. The summed E-state index contributed by atoms with van der Waals surface area (Å²) in [5.41, 5.74) is 6.80. The summed E-state index contributed by atoms with van der Waals surface area (Å²) in [5.74, 6) is 0.591. The van der Waals surface area contributed by atoms with Crippen molar-refractivity contribution in [1.29, 1.82) is 0 Å². The number of hydrogen-bond acceptors (Lipinski definition) is 10. The lowest BCUT2D eigenvalue weighted by Gasteiger charge is -2.37. The summed E-state index contributed by atoms with van der Waals surface area (Å²) in [6.45, 7) is 24.3. The van der Waals surface area contributed by atoms with Gasteiger partial charge in [-0.25, -0.2) is 34.0 Å². The van der Waals surface area contributed by atoms with Crippen LogP contribution in [0.2, 0.25) is 0 Å². The topological polar surface area (TPSA) is 127 Å². The summed E-state index contributed by atoms with van der Waals surface area (Å²) >= 11 is 0. The minimum absolute atomic E-state index is 0.110. The zero-order valence-electron chi connectivity index (χ0n) is 48.6. The van der Waals surface area contributed by atoms with Gasteiger partial charge in [-0.3, -0.25) is 0 Å². The molecule has 3 aromatic rings. The third kappa shape index (κ3) is 25.8. The molecule has 0 N–H and O–H groups in total. The molecule has 2 saturated heterocycles. The number of hydrogen-bond donors (Lipinski definition) is 0. The number of anilines is 2. The molecule has 0 saturated carbocycles. The first-order valence-corrected chi connectivity index (χ1v) is 34.0. The first kappa shape index (κ1) is 67.2. The van der Waals surface area contributed by atoms with Gasteiger partial charge in [0.1, 0.15) is 11.6 Å². The molecular formula is C61H100F2N2O8S3. The fourth-order valence-electron chi connectivity index (χ4n) is 9.83. The molecule has 0 aromatic heterocycles. The highest BCUT2D eigenvalue weighted by Gasteiger charge is 2.25. The second-order valence-corrected chi connectivity index (χ2v) is 30.7. The van der Waals surface area contributed by atoms with E-state index in [4.69, 9.17) is 9.47 Å². The minimum atomic E-state index is -2.91. The summed E-state index contributed by atoms with van der Waals surface area (Å²) in [6.07, 6.45) is 18.5. The summed E-state index contributed by atoms with van der Waals surface area (Å²) in [4.78, 5) is 4.52. The lowest BCUT2D eigenvalue weighted by Crippen LogP contribution is -2.45. The van der Waals surface area contributed by atoms with E-state index in [-0.39, 0.29) is 57.6 Å². The maximum atomic E-state index is 14.6. The fourth-order valence-corrected chi connectivity index (χ4v) is 13.1. The number of unbranched alkanes of at least 4 members (excludes halogenated alkanes) is 12. The Morgan fingerprint density at radius 2 is 0.776 bits per heavy atom. The molecular weight excluding hydrogens is 1020 g/mol. The van der Waals surface area contributed by atoms with E-state index in [2.05, 4.69) is 48.8 Å². The van der Waals surface area contributed by atoms with Crippen molar-refractivity contribution >= 4 is 40.9 Å². The standard InChI is InChI=1S/C23H39NO3S.C22H36FNO3S.C16H25FO2S/c1-18(2)28(25,26)14-10-8-6-7-9-11-22-12-13-23(19(3)15-22)24-16-20(4)27-21(5)17-24;1-17(2)28(25,26)13-9-7-5-6-8-10-20-11-12-22(21(23)14-20)24-15-18(3)27-19(4)16-24;1-14(2)20(18,19)12-7-5-3-4-6-9-15-10-8-11-16(17)13-15/h12-13,15,18,20-21H,6-11,14,16-17H2,1-5H3;11-12,14,17-19H,5-10,13,15-16H2,1-4H3;8,10-11,13-14H,3-7,9,12H2,1-2H3/t20-,21+;18-,19+;. The molecule has 3 aromatic carbocycles. The Morgan fingerprint density at radius 1 is 0.447 bits per heavy atom. The molecule has 2 heterocycles. The molecule has 434 valence electrons. The Hall–Kier alpha value is -3.11. The van der Waals surface area contributed by atoms with Crippen LogP contribution in [0.25, 0.3) is 0 Å². The Labute approximate surface area is 461 Å². The quantitative estimate of drug-likeness (QED) is 0.0620. The summed E-state index contributed by atoms with van der Waals surface area (Å²) < 4.78 is 109. The molecule has 2 fully saturated rings. The minimum Gasteiger partial charge on any atom is -0.372 e. The molecule has 0 amide bonds. The lowest BCUT2D eigenvalue weighted by molar-refractivity contribution is -0.00560. The number of aryl methyl sites for hydroxylation is 4. The Kier molecular flexibility index (Phi) is 30.2. The summed E-state index contributed by atoms with van der Waals surface area (Å²) in [5, 5.41) is -0.799. The van der Waals surface area contributed by atoms with Crippen molar-refractivity contribution in [2.75, 3.05) is 53.2 Å². The zero-order valence-corrected chi connectivity index (χ0v) is 51.1. The van der Waals surface area contributed by atoms with E-state index >= 15 is 0 Å². The highest BCUT2D eigenvalue weighted by Crippen LogP contribution is 2.27. The molecule has 0 unspecified atom stereocenters. The van der Waals surface area contributed by atoms with E-state index in [1.54, 1.807) is 59.7 Å². The van der Waals surface area contributed by atoms with Crippen LogP contribution in [0.5, 0.6) is 0 Å². The molecule has 0 radical (unpaired) electrons. The van der Waals surface area contributed by atoms with Crippen LogP contribution >= 0.6 is 0 Å². The van der Waals surface area contributed by atoms with Crippen LogP contribution < -0.4 is 9.80 Å². The number of halogens is 2. The predicted molar refractivity (Wildman–Crippen MR) is 316 cm³/mol. The number of rotatable bonds is 29. The van der Waals surface area contributed by atoms with Gasteiger partial charge in [-0.15, -0.1) is 0 Å². The summed E-state index contributed by atoms with van der Waals surface area (Å²) in [7, 11) is -8.66. The second kappa shape index (κ2) is 34.1. The summed E-state index contributed by atoms with van der Waals surface area (Å²) in [6, 6.07) is 19.2. The molecule has 10 nitrogen and oxygen atoms in total. The van der Waals surface area contributed by atoms with Crippen LogP contribution in [-0.2, 0) is 58.2 Å². The first-order valence-electron chi connectivity index (χ1n) is 28.9. The van der Waals surface area contributed by atoms with Crippen LogP contribution in [0.1, 0.15) is 188 Å². The number of benzene rings is 3. The van der Waals surface area contributed by atoms with Crippen molar-refractivity contribution < 1.29 is 43.5 Å². The van der Waals surface area contributed by atoms with Crippen molar-refractivity contribution in [2.45, 2.75) is 232 Å². The maximum Gasteiger partial charge on any atom is 0.152 e. The maximum absolute atomic E-state index is 14.6. The molecule has 0 aliphatic carbocycles. The smallest absolute Gasteiger partial charge is 0.152 e. The van der Waals surface area contributed by atoms with Gasteiger partial charge >= 0.3 is 0 Å². The highest BCUT2D eigenvalue weighted by atomic mass is 32.2. The van der Waals surface area contributed by atoms with Crippen LogP contribution in [0.4, 0.5) is 20.2 Å². The van der Waals surface area contributed by atoms with E-state index in [0.29, 0.717) is 30.3 Å². The van der Waals surface area contributed by atoms with E-state index in [1.165, 1.54) is 35.7 Å². The van der Waals surface area contributed by atoms with Gasteiger partial charge < -0.3 is 19.3 Å². The van der Waals surface area contributed by atoms with Crippen LogP contribution in [-0.4, -0.2) is 109 Å². The molecule has 2 aliphatic rings. The van der Waals surface area contributed by atoms with Gasteiger partial charge in [-0.1, -0.05) is 88.1 Å². The molecule has 5 rings (SSSR count). The van der Waals surface area contributed by atoms with Gasteiger partial charge in [0.15, 0.2) is 29.5 Å². The van der Waals surface area contributed by atoms with Crippen molar-refractivity contribution in [3.8, 4) is 0 Å². The number of nitrogens with zero attached hydrogens (tertiary/aromatic N) is 2. The average Bonchev–Trinajstić information content (AvgIpc) is 3.32. The highest BCUT2D eigenvalue weighted by molar-refractivity contribution is 7.92. The normalized spacial score (nSPS) is 18.4. The zero-order chi connectivity index (χ0) is 56.5. The van der Waals surface area contributed by atoms with E-state index in [1.807, 2.05) is 32.0 Å². The third-order valence-corrected chi connectivity index (χ3v) is 21.4. The van der Waals surface area contributed by atoms with Crippen LogP contribution in [0.3, 0.4) is 0 Å².